The Kier molecular flexibility index (Phi) is 6.93. The number of amides is 2. The molecule has 19 heavy (non-hydrogen) atoms. The summed E-state index contributed by atoms with van der Waals surface area (Å²) in [7, 11) is 0. The number of hydrogen-bond acceptors (Lipinski definition) is 2. The zero-order valence-electron chi connectivity index (χ0n) is 12.2. The molecule has 106 valence electrons. The van der Waals surface area contributed by atoms with Crippen LogP contribution in [-0.4, -0.2) is 29.0 Å². The lowest BCUT2D eigenvalue weighted by Gasteiger charge is -2.21. The van der Waals surface area contributed by atoms with Crippen LogP contribution in [0.5, 0.6) is 0 Å². The zero-order chi connectivity index (χ0) is 14.1. The van der Waals surface area contributed by atoms with E-state index in [0.29, 0.717) is 19.0 Å². The molecule has 0 aromatic carbocycles. The first kappa shape index (κ1) is 15.5. The van der Waals surface area contributed by atoms with E-state index in [9.17, 15) is 4.79 Å². The minimum absolute atomic E-state index is 0.0167. The molecular formula is C15H25N3O. The third kappa shape index (κ3) is 6.22. The van der Waals surface area contributed by atoms with Gasteiger partial charge in [0.05, 0.1) is 0 Å². The van der Waals surface area contributed by atoms with Crippen LogP contribution in [0.1, 0.15) is 39.2 Å². The molecule has 0 aliphatic carbocycles. The van der Waals surface area contributed by atoms with Gasteiger partial charge in [0.2, 0.25) is 0 Å². The van der Waals surface area contributed by atoms with Crippen LogP contribution in [0.4, 0.5) is 4.79 Å². The Morgan fingerprint density at radius 3 is 2.63 bits per heavy atom. The van der Waals surface area contributed by atoms with Crippen LogP contribution in [0.2, 0.25) is 0 Å². The Morgan fingerprint density at radius 1 is 1.37 bits per heavy atom. The third-order valence-corrected chi connectivity index (χ3v) is 3.03. The summed E-state index contributed by atoms with van der Waals surface area (Å²) in [5, 5.41) is 2.98. The lowest BCUT2D eigenvalue weighted by atomic mass is 10.1. The fourth-order valence-electron chi connectivity index (χ4n) is 1.85. The van der Waals surface area contributed by atoms with Crippen molar-refractivity contribution in [2.45, 2.75) is 40.2 Å². The highest BCUT2D eigenvalue weighted by atomic mass is 16.2. The van der Waals surface area contributed by atoms with E-state index in [-0.39, 0.29) is 6.03 Å². The van der Waals surface area contributed by atoms with Crippen LogP contribution in [0.15, 0.2) is 24.5 Å². The Labute approximate surface area is 116 Å². The summed E-state index contributed by atoms with van der Waals surface area (Å²) < 4.78 is 0. The quantitative estimate of drug-likeness (QED) is 0.768. The van der Waals surface area contributed by atoms with E-state index >= 15 is 0 Å². The fourth-order valence-corrected chi connectivity index (χ4v) is 1.85. The SMILES string of the molecule is CCN(Cc1ccncc1)C(=O)NCCCC(C)C. The average molecular weight is 263 g/mol. The molecular weight excluding hydrogens is 238 g/mol. The van der Waals surface area contributed by atoms with Crippen molar-refractivity contribution in [3.05, 3.63) is 30.1 Å². The predicted octanol–water partition coefficient (Wildman–Crippen LogP) is 3.05. The van der Waals surface area contributed by atoms with Gasteiger partial charge in [0.25, 0.3) is 0 Å². The van der Waals surface area contributed by atoms with Gasteiger partial charge in [0.15, 0.2) is 0 Å². The highest BCUT2D eigenvalue weighted by molar-refractivity contribution is 5.74. The van der Waals surface area contributed by atoms with Gasteiger partial charge in [0.1, 0.15) is 0 Å². The van der Waals surface area contributed by atoms with Crippen LogP contribution in [0.3, 0.4) is 0 Å². The topological polar surface area (TPSA) is 45.2 Å². The monoisotopic (exact) mass is 263 g/mol. The Hall–Kier alpha value is -1.58. The van der Waals surface area contributed by atoms with Crippen molar-refractivity contribution >= 4 is 6.03 Å². The molecule has 4 nitrogen and oxygen atoms in total. The second-order valence-electron chi connectivity index (χ2n) is 5.14. The number of carbonyl (C=O) groups is 1. The zero-order valence-corrected chi connectivity index (χ0v) is 12.2. The molecule has 1 N–H and O–H groups in total. The molecule has 0 saturated heterocycles. The summed E-state index contributed by atoms with van der Waals surface area (Å²) in [5.41, 5.74) is 1.11. The van der Waals surface area contributed by atoms with Crippen molar-refractivity contribution in [1.29, 1.82) is 0 Å². The van der Waals surface area contributed by atoms with Gasteiger partial charge in [-0.15, -0.1) is 0 Å². The number of hydrogen-bond donors (Lipinski definition) is 1. The van der Waals surface area contributed by atoms with Crippen LogP contribution in [-0.2, 0) is 6.54 Å². The summed E-state index contributed by atoms with van der Waals surface area (Å²) in [4.78, 5) is 17.8. The van der Waals surface area contributed by atoms with E-state index < -0.39 is 0 Å². The lowest BCUT2D eigenvalue weighted by Crippen LogP contribution is -2.39. The molecule has 0 aliphatic rings. The number of pyridine rings is 1. The van der Waals surface area contributed by atoms with E-state index in [2.05, 4.69) is 24.1 Å². The second kappa shape index (κ2) is 8.51. The first-order chi connectivity index (χ1) is 9.13. The van der Waals surface area contributed by atoms with E-state index in [1.807, 2.05) is 24.0 Å². The van der Waals surface area contributed by atoms with Gasteiger partial charge in [-0.1, -0.05) is 13.8 Å². The smallest absolute Gasteiger partial charge is 0.317 e. The van der Waals surface area contributed by atoms with Gasteiger partial charge in [-0.05, 0) is 43.4 Å². The van der Waals surface area contributed by atoms with E-state index in [4.69, 9.17) is 0 Å². The molecule has 0 unspecified atom stereocenters. The number of carbonyl (C=O) groups excluding carboxylic acids is 1. The Morgan fingerprint density at radius 2 is 2.05 bits per heavy atom. The number of nitrogens with one attached hydrogen (secondary N) is 1. The predicted molar refractivity (Wildman–Crippen MR) is 77.8 cm³/mol. The first-order valence-corrected chi connectivity index (χ1v) is 7.05. The molecule has 0 spiro atoms. The van der Waals surface area contributed by atoms with Crippen LogP contribution < -0.4 is 5.32 Å². The maximum atomic E-state index is 12.0. The molecule has 1 aromatic heterocycles. The van der Waals surface area contributed by atoms with Gasteiger partial charge in [0, 0.05) is 32.0 Å². The molecule has 0 bridgehead atoms. The van der Waals surface area contributed by atoms with Gasteiger partial charge in [-0.25, -0.2) is 4.79 Å². The fraction of sp³-hybridized carbons (Fsp3) is 0.600. The number of nitrogens with zero attached hydrogens (tertiary/aromatic N) is 2. The molecule has 1 heterocycles. The minimum atomic E-state index is 0.0167. The summed E-state index contributed by atoms with van der Waals surface area (Å²) in [5.74, 6) is 0.691. The molecule has 2 amide bonds. The third-order valence-electron chi connectivity index (χ3n) is 3.03. The largest absolute Gasteiger partial charge is 0.338 e. The highest BCUT2D eigenvalue weighted by Crippen LogP contribution is 2.04. The van der Waals surface area contributed by atoms with Crippen LogP contribution in [0, 0.1) is 5.92 Å². The average Bonchev–Trinajstić information content (AvgIpc) is 2.41. The molecule has 1 aromatic rings. The molecule has 0 radical (unpaired) electrons. The lowest BCUT2D eigenvalue weighted by molar-refractivity contribution is 0.198. The van der Waals surface area contributed by atoms with Crippen molar-refractivity contribution in [3.8, 4) is 0 Å². The van der Waals surface area contributed by atoms with E-state index in [0.717, 1.165) is 24.9 Å². The van der Waals surface area contributed by atoms with Crippen LogP contribution >= 0.6 is 0 Å². The maximum absolute atomic E-state index is 12.0. The van der Waals surface area contributed by atoms with Crippen molar-refractivity contribution in [1.82, 2.24) is 15.2 Å². The molecule has 0 atom stereocenters. The van der Waals surface area contributed by atoms with Gasteiger partial charge >= 0.3 is 6.03 Å². The Balaban J connectivity index is 2.35. The van der Waals surface area contributed by atoms with Crippen LogP contribution in [0.25, 0.3) is 0 Å². The summed E-state index contributed by atoms with van der Waals surface area (Å²) >= 11 is 0. The normalized spacial score (nSPS) is 10.5. The number of urea groups is 1. The minimum Gasteiger partial charge on any atom is -0.338 e. The molecule has 0 fully saturated rings. The summed E-state index contributed by atoms with van der Waals surface area (Å²) in [6.45, 7) is 8.49. The van der Waals surface area contributed by atoms with Gasteiger partial charge in [-0.3, -0.25) is 4.98 Å². The van der Waals surface area contributed by atoms with E-state index in [1.165, 1.54) is 0 Å². The summed E-state index contributed by atoms with van der Waals surface area (Å²) in [6.07, 6.45) is 5.69. The first-order valence-electron chi connectivity index (χ1n) is 7.05. The molecule has 4 heteroatoms. The van der Waals surface area contributed by atoms with Gasteiger partial charge in [-0.2, -0.15) is 0 Å². The van der Waals surface area contributed by atoms with E-state index in [1.54, 1.807) is 12.4 Å². The van der Waals surface area contributed by atoms with Crippen molar-refractivity contribution in [2.24, 2.45) is 5.92 Å². The molecule has 1 rings (SSSR count). The van der Waals surface area contributed by atoms with Gasteiger partial charge < -0.3 is 10.2 Å². The van der Waals surface area contributed by atoms with Crippen molar-refractivity contribution in [2.75, 3.05) is 13.1 Å². The Bertz CT molecular complexity index is 365. The summed E-state index contributed by atoms with van der Waals surface area (Å²) in [6, 6.07) is 3.90. The molecule has 0 aliphatic heterocycles. The number of aromatic nitrogens is 1. The van der Waals surface area contributed by atoms with Crippen molar-refractivity contribution < 1.29 is 4.79 Å². The number of rotatable bonds is 7. The standard InChI is InChI=1S/C15H25N3O/c1-4-18(12-14-7-10-16-11-8-14)15(19)17-9-5-6-13(2)3/h7-8,10-11,13H,4-6,9,12H2,1-3H3,(H,17,19). The molecule has 0 saturated carbocycles. The van der Waals surface area contributed by atoms with Crippen molar-refractivity contribution in [3.63, 3.8) is 0 Å². The maximum Gasteiger partial charge on any atom is 0.317 e. The highest BCUT2D eigenvalue weighted by Gasteiger charge is 2.11. The second-order valence-corrected chi connectivity index (χ2v) is 5.14.